The number of rotatable bonds is 0. The van der Waals surface area contributed by atoms with E-state index in [9.17, 15) is 9.18 Å². The van der Waals surface area contributed by atoms with E-state index in [-0.39, 0.29) is 23.6 Å². The molecule has 1 aliphatic rings. The number of carbonyl (C=O) groups is 1. The summed E-state index contributed by atoms with van der Waals surface area (Å²) >= 11 is 1.21. The van der Waals surface area contributed by atoms with Gasteiger partial charge < -0.3 is 0 Å². The number of nitrogens with zero attached hydrogens (tertiary/aromatic N) is 2. The number of hydrogen-bond acceptors (Lipinski definition) is 4. The molecule has 1 aromatic carbocycles. The number of nitriles is 2. The van der Waals surface area contributed by atoms with E-state index in [0.717, 1.165) is 5.39 Å². The van der Waals surface area contributed by atoms with Crippen molar-refractivity contribution in [2.45, 2.75) is 6.42 Å². The second-order valence-corrected chi connectivity index (χ2v) is 5.18. The third-order valence-electron chi connectivity index (χ3n) is 3.07. The van der Waals surface area contributed by atoms with E-state index in [1.165, 1.54) is 23.5 Å². The highest BCUT2D eigenvalue weighted by atomic mass is 32.1. The van der Waals surface area contributed by atoms with Gasteiger partial charge in [-0.1, -0.05) is 0 Å². The minimum atomic E-state index is -0.369. The fourth-order valence-electron chi connectivity index (χ4n) is 2.27. The molecule has 5 heteroatoms. The number of hydrogen-bond donors (Lipinski definition) is 0. The first-order valence-corrected chi connectivity index (χ1v) is 6.26. The van der Waals surface area contributed by atoms with Crippen LogP contribution in [0.25, 0.3) is 15.7 Å². The van der Waals surface area contributed by atoms with Crippen LogP contribution in [-0.4, -0.2) is 5.78 Å². The van der Waals surface area contributed by atoms with Crippen molar-refractivity contribution in [2.24, 2.45) is 0 Å². The molecular weight excluding hydrogens is 263 g/mol. The molecule has 2 aromatic rings. The van der Waals surface area contributed by atoms with E-state index in [4.69, 9.17) is 10.5 Å². The highest BCUT2D eigenvalue weighted by Gasteiger charge is 2.31. The molecule has 1 aromatic heterocycles. The lowest BCUT2D eigenvalue weighted by atomic mass is 10.0. The minimum absolute atomic E-state index is 0.0453. The zero-order valence-corrected chi connectivity index (χ0v) is 10.3. The molecule has 0 spiro atoms. The van der Waals surface area contributed by atoms with Crippen molar-refractivity contribution < 1.29 is 9.18 Å². The molecular formula is C14H5FN2OS. The van der Waals surface area contributed by atoms with Gasteiger partial charge in [0.1, 0.15) is 23.5 Å². The standard InChI is InChI=1S/C14H5FN2OS/c15-8-1-2-9-12(3-8)19-14-11(18)4-10(13(9)14)7(5-16)6-17/h1-3H,4H2. The van der Waals surface area contributed by atoms with Crippen LogP contribution in [-0.2, 0) is 0 Å². The number of thiophene rings is 1. The Balaban J connectivity index is 2.42. The van der Waals surface area contributed by atoms with Gasteiger partial charge in [-0.15, -0.1) is 11.3 Å². The maximum Gasteiger partial charge on any atom is 0.177 e. The normalized spacial score (nSPS) is 13.2. The van der Waals surface area contributed by atoms with Crippen LogP contribution < -0.4 is 0 Å². The van der Waals surface area contributed by atoms with Crippen LogP contribution in [0.4, 0.5) is 4.39 Å². The predicted molar refractivity (Wildman–Crippen MR) is 68.9 cm³/mol. The van der Waals surface area contributed by atoms with Crippen molar-refractivity contribution in [1.29, 1.82) is 10.5 Å². The lowest BCUT2D eigenvalue weighted by molar-refractivity contribution is 0.101. The Morgan fingerprint density at radius 3 is 2.74 bits per heavy atom. The zero-order valence-electron chi connectivity index (χ0n) is 9.53. The molecule has 0 bridgehead atoms. The van der Waals surface area contributed by atoms with Gasteiger partial charge in [0.2, 0.25) is 0 Å². The predicted octanol–water partition coefficient (Wildman–Crippen LogP) is 3.43. The second kappa shape index (κ2) is 4.01. The maximum atomic E-state index is 13.2. The summed E-state index contributed by atoms with van der Waals surface area (Å²) in [6.45, 7) is 0. The smallest absolute Gasteiger partial charge is 0.177 e. The highest BCUT2D eigenvalue weighted by molar-refractivity contribution is 7.21. The molecule has 0 unspecified atom stereocenters. The first kappa shape index (κ1) is 11.6. The number of fused-ring (bicyclic) bond motifs is 3. The Hall–Kier alpha value is -2.50. The van der Waals surface area contributed by atoms with E-state index in [1.807, 2.05) is 12.1 Å². The monoisotopic (exact) mass is 268 g/mol. The molecule has 3 nitrogen and oxygen atoms in total. The average Bonchev–Trinajstić information content (AvgIpc) is 2.90. The second-order valence-electron chi connectivity index (χ2n) is 4.12. The summed E-state index contributed by atoms with van der Waals surface area (Å²) in [7, 11) is 0. The number of benzene rings is 1. The number of carbonyl (C=O) groups excluding carboxylic acids is 1. The molecule has 3 rings (SSSR count). The Morgan fingerprint density at radius 2 is 2.05 bits per heavy atom. The van der Waals surface area contributed by atoms with Gasteiger partial charge in [0.25, 0.3) is 0 Å². The van der Waals surface area contributed by atoms with E-state index >= 15 is 0 Å². The molecule has 0 radical (unpaired) electrons. The zero-order chi connectivity index (χ0) is 13.6. The summed E-state index contributed by atoms with van der Waals surface area (Å²) in [4.78, 5) is 12.4. The lowest BCUT2D eigenvalue weighted by Gasteiger charge is -1.98. The lowest BCUT2D eigenvalue weighted by Crippen LogP contribution is -1.87. The van der Waals surface area contributed by atoms with Crippen LogP contribution in [0.5, 0.6) is 0 Å². The topological polar surface area (TPSA) is 64.7 Å². The summed E-state index contributed by atoms with van der Waals surface area (Å²) in [5.74, 6) is -0.485. The van der Waals surface area contributed by atoms with Crippen molar-refractivity contribution in [1.82, 2.24) is 0 Å². The van der Waals surface area contributed by atoms with E-state index in [1.54, 1.807) is 6.07 Å². The molecule has 0 N–H and O–H groups in total. The maximum absolute atomic E-state index is 13.2. The molecule has 0 amide bonds. The van der Waals surface area contributed by atoms with Crippen molar-refractivity contribution in [3.8, 4) is 12.1 Å². The van der Waals surface area contributed by atoms with Crippen LogP contribution in [0, 0.1) is 28.5 Å². The van der Waals surface area contributed by atoms with Gasteiger partial charge >= 0.3 is 0 Å². The van der Waals surface area contributed by atoms with Gasteiger partial charge in [0, 0.05) is 22.1 Å². The van der Waals surface area contributed by atoms with E-state index < -0.39 is 0 Å². The highest BCUT2D eigenvalue weighted by Crippen LogP contribution is 2.44. The third kappa shape index (κ3) is 1.56. The van der Waals surface area contributed by atoms with Gasteiger partial charge in [-0.3, -0.25) is 4.79 Å². The van der Waals surface area contributed by atoms with Crippen LogP contribution in [0.1, 0.15) is 21.7 Å². The molecule has 19 heavy (non-hydrogen) atoms. The molecule has 0 saturated carbocycles. The number of halogens is 1. The summed E-state index contributed by atoms with van der Waals surface area (Å²) in [6.07, 6.45) is 0.0743. The number of Topliss-reactive ketones (excluding diaryl/α,β-unsaturated/α-hetero) is 1. The fourth-order valence-corrected chi connectivity index (χ4v) is 3.46. The summed E-state index contributed by atoms with van der Waals surface area (Å²) in [6, 6.07) is 7.90. The molecule has 1 heterocycles. The Labute approximate surface area is 111 Å². The Morgan fingerprint density at radius 1 is 1.32 bits per heavy atom. The first-order valence-electron chi connectivity index (χ1n) is 5.44. The summed E-state index contributed by atoms with van der Waals surface area (Å²) in [5.41, 5.74) is 1.04. The van der Waals surface area contributed by atoms with Crippen LogP contribution >= 0.6 is 11.3 Å². The first-order chi connectivity index (χ1) is 9.15. The van der Waals surface area contributed by atoms with Gasteiger partial charge in [0.05, 0.1) is 4.88 Å². The van der Waals surface area contributed by atoms with Gasteiger partial charge in [0.15, 0.2) is 5.78 Å². The van der Waals surface area contributed by atoms with Crippen LogP contribution in [0.3, 0.4) is 0 Å². The van der Waals surface area contributed by atoms with Crippen molar-refractivity contribution in [3.63, 3.8) is 0 Å². The average molecular weight is 268 g/mol. The molecule has 90 valence electrons. The SMILES string of the molecule is N#CC(C#N)=C1CC(=O)c2sc3cc(F)ccc3c21. The van der Waals surface area contributed by atoms with E-state index in [2.05, 4.69) is 0 Å². The Kier molecular flexibility index (Phi) is 2.45. The van der Waals surface area contributed by atoms with Gasteiger partial charge in [-0.05, 0) is 23.8 Å². The Bertz CT molecular complexity index is 833. The number of allylic oxidation sites excluding steroid dienone is 2. The summed E-state index contributed by atoms with van der Waals surface area (Å²) in [5, 5.41) is 18.6. The van der Waals surface area contributed by atoms with Crippen molar-refractivity contribution in [3.05, 3.63) is 40.0 Å². The minimum Gasteiger partial charge on any atom is -0.293 e. The van der Waals surface area contributed by atoms with Crippen molar-refractivity contribution >= 4 is 32.8 Å². The quantitative estimate of drug-likeness (QED) is 0.687. The third-order valence-corrected chi connectivity index (χ3v) is 4.26. The fraction of sp³-hybridized carbons (Fsp3) is 0.0714. The number of ketones is 1. The molecule has 0 fully saturated rings. The summed E-state index contributed by atoms with van der Waals surface area (Å²) < 4.78 is 13.8. The largest absolute Gasteiger partial charge is 0.293 e. The molecule has 0 aliphatic heterocycles. The molecule has 0 atom stereocenters. The van der Waals surface area contributed by atoms with Crippen LogP contribution in [0.15, 0.2) is 23.8 Å². The van der Waals surface area contributed by atoms with E-state index in [0.29, 0.717) is 20.7 Å². The van der Waals surface area contributed by atoms with Crippen molar-refractivity contribution in [2.75, 3.05) is 0 Å². The van der Waals surface area contributed by atoms with Gasteiger partial charge in [-0.2, -0.15) is 10.5 Å². The molecule has 1 aliphatic carbocycles. The molecule has 0 saturated heterocycles. The van der Waals surface area contributed by atoms with Crippen LogP contribution in [0.2, 0.25) is 0 Å². The van der Waals surface area contributed by atoms with Gasteiger partial charge in [-0.25, -0.2) is 4.39 Å².